The molecule has 106 valence electrons. The number of thiophene rings is 1. The standard InChI is InChI=1S/C11H14N6OS2/c1-6(8(18)14-5-7-3-2-4-19-7)20-11-16-9(12)15-10(13)17-11/h2-4,6H,5H2,1H3,(H,14,18)(H4,12,13,15,16,17)/t6-/m0/s1. The number of carbonyl (C=O) groups is 1. The molecule has 0 bridgehead atoms. The molecule has 5 N–H and O–H groups in total. The molecule has 0 aliphatic rings. The molecule has 0 saturated heterocycles. The number of hydrogen-bond acceptors (Lipinski definition) is 8. The number of hydrogen-bond donors (Lipinski definition) is 3. The Morgan fingerprint density at radius 2 is 2.10 bits per heavy atom. The lowest BCUT2D eigenvalue weighted by Gasteiger charge is -2.10. The molecule has 0 spiro atoms. The highest BCUT2D eigenvalue weighted by Gasteiger charge is 2.16. The lowest BCUT2D eigenvalue weighted by atomic mass is 10.4. The van der Waals surface area contributed by atoms with Crippen LogP contribution in [0.4, 0.5) is 11.9 Å². The molecule has 0 radical (unpaired) electrons. The fourth-order valence-electron chi connectivity index (χ4n) is 1.38. The largest absolute Gasteiger partial charge is 0.368 e. The van der Waals surface area contributed by atoms with Gasteiger partial charge in [0.2, 0.25) is 17.8 Å². The average Bonchev–Trinajstić information content (AvgIpc) is 2.87. The van der Waals surface area contributed by atoms with Gasteiger partial charge in [-0.3, -0.25) is 4.79 Å². The number of rotatable bonds is 5. The third-order valence-corrected chi connectivity index (χ3v) is 4.16. The van der Waals surface area contributed by atoms with Gasteiger partial charge < -0.3 is 16.8 Å². The predicted octanol–water partition coefficient (Wildman–Crippen LogP) is 0.894. The zero-order valence-electron chi connectivity index (χ0n) is 10.7. The number of thioether (sulfide) groups is 1. The van der Waals surface area contributed by atoms with Crippen molar-refractivity contribution >= 4 is 40.9 Å². The first-order chi connectivity index (χ1) is 9.54. The number of nitrogens with two attached hydrogens (primary N) is 2. The minimum absolute atomic E-state index is 0.0474. The smallest absolute Gasteiger partial charge is 0.233 e. The number of aromatic nitrogens is 3. The molecule has 9 heteroatoms. The Kier molecular flexibility index (Phi) is 4.74. The van der Waals surface area contributed by atoms with Crippen molar-refractivity contribution in [1.29, 1.82) is 0 Å². The van der Waals surface area contributed by atoms with E-state index in [0.717, 1.165) is 4.88 Å². The number of amides is 1. The van der Waals surface area contributed by atoms with E-state index in [9.17, 15) is 4.79 Å². The minimum atomic E-state index is -0.351. The SMILES string of the molecule is C[C@H](Sc1nc(N)nc(N)n1)C(=O)NCc1cccs1. The third-order valence-electron chi connectivity index (χ3n) is 2.32. The second kappa shape index (κ2) is 6.53. The van der Waals surface area contributed by atoms with Crippen LogP contribution in [0.5, 0.6) is 0 Å². The summed E-state index contributed by atoms with van der Waals surface area (Å²) in [6.45, 7) is 2.29. The van der Waals surface area contributed by atoms with Gasteiger partial charge in [0.15, 0.2) is 5.16 Å². The normalized spacial score (nSPS) is 12.1. The Bertz CT molecular complexity index is 568. The van der Waals surface area contributed by atoms with E-state index < -0.39 is 0 Å². The van der Waals surface area contributed by atoms with Gasteiger partial charge >= 0.3 is 0 Å². The van der Waals surface area contributed by atoms with Crippen molar-refractivity contribution in [1.82, 2.24) is 20.3 Å². The predicted molar refractivity (Wildman–Crippen MR) is 80.1 cm³/mol. The molecule has 2 heterocycles. The summed E-state index contributed by atoms with van der Waals surface area (Å²) in [5.74, 6) is -0.00153. The van der Waals surface area contributed by atoms with Crippen molar-refractivity contribution in [3.8, 4) is 0 Å². The summed E-state index contributed by atoms with van der Waals surface area (Å²) in [6.07, 6.45) is 0. The molecule has 0 aliphatic carbocycles. The highest BCUT2D eigenvalue weighted by Crippen LogP contribution is 2.20. The Balaban J connectivity index is 1.90. The van der Waals surface area contributed by atoms with Crippen LogP contribution in [-0.4, -0.2) is 26.1 Å². The van der Waals surface area contributed by atoms with Gasteiger partial charge in [-0.05, 0) is 18.4 Å². The van der Waals surface area contributed by atoms with Gasteiger partial charge in [-0.25, -0.2) is 0 Å². The summed E-state index contributed by atoms with van der Waals surface area (Å²) in [5, 5.41) is 4.81. The second-order valence-electron chi connectivity index (χ2n) is 3.89. The zero-order chi connectivity index (χ0) is 14.5. The van der Waals surface area contributed by atoms with Crippen molar-refractivity contribution in [2.75, 3.05) is 11.5 Å². The Morgan fingerprint density at radius 1 is 1.40 bits per heavy atom. The molecule has 0 saturated carbocycles. The molecule has 0 unspecified atom stereocenters. The Hall–Kier alpha value is -1.87. The molecule has 1 amide bonds. The fraction of sp³-hybridized carbons (Fsp3) is 0.273. The molecule has 0 fully saturated rings. The van der Waals surface area contributed by atoms with Gasteiger partial charge in [-0.1, -0.05) is 17.8 Å². The molecule has 0 aromatic carbocycles. The molecule has 20 heavy (non-hydrogen) atoms. The van der Waals surface area contributed by atoms with E-state index in [1.807, 2.05) is 17.5 Å². The summed E-state index contributed by atoms with van der Waals surface area (Å²) >= 11 is 2.78. The third kappa shape index (κ3) is 4.07. The van der Waals surface area contributed by atoms with Crippen LogP contribution >= 0.6 is 23.1 Å². The van der Waals surface area contributed by atoms with Crippen molar-refractivity contribution in [2.45, 2.75) is 23.9 Å². The lowest BCUT2D eigenvalue weighted by molar-refractivity contribution is -0.120. The molecule has 2 rings (SSSR count). The topological polar surface area (TPSA) is 120 Å². The first-order valence-electron chi connectivity index (χ1n) is 5.78. The van der Waals surface area contributed by atoms with Crippen LogP contribution in [0.1, 0.15) is 11.8 Å². The first kappa shape index (κ1) is 14.5. The Labute approximate surface area is 124 Å². The van der Waals surface area contributed by atoms with Gasteiger partial charge in [-0.15, -0.1) is 11.3 Å². The number of nitrogens with zero attached hydrogens (tertiary/aromatic N) is 3. The summed E-state index contributed by atoms with van der Waals surface area (Å²) in [4.78, 5) is 24.6. The van der Waals surface area contributed by atoms with E-state index in [1.165, 1.54) is 11.8 Å². The van der Waals surface area contributed by atoms with Crippen LogP contribution in [0.15, 0.2) is 22.7 Å². The van der Waals surface area contributed by atoms with Crippen LogP contribution in [0.2, 0.25) is 0 Å². The summed E-state index contributed by atoms with van der Waals surface area (Å²) in [6, 6.07) is 3.91. The molecule has 1 atom stereocenters. The van der Waals surface area contributed by atoms with Crippen molar-refractivity contribution in [3.05, 3.63) is 22.4 Å². The number of nitrogens with one attached hydrogen (secondary N) is 1. The van der Waals surface area contributed by atoms with Crippen molar-refractivity contribution < 1.29 is 4.79 Å². The quantitative estimate of drug-likeness (QED) is 0.701. The van der Waals surface area contributed by atoms with Gasteiger partial charge in [-0.2, -0.15) is 15.0 Å². The number of anilines is 2. The van der Waals surface area contributed by atoms with Crippen LogP contribution in [0.25, 0.3) is 0 Å². The van der Waals surface area contributed by atoms with Gasteiger partial charge in [0.1, 0.15) is 0 Å². The van der Waals surface area contributed by atoms with E-state index in [4.69, 9.17) is 11.5 Å². The lowest BCUT2D eigenvalue weighted by Crippen LogP contribution is -2.30. The van der Waals surface area contributed by atoms with Crippen molar-refractivity contribution in [2.24, 2.45) is 0 Å². The van der Waals surface area contributed by atoms with Crippen molar-refractivity contribution in [3.63, 3.8) is 0 Å². The maximum Gasteiger partial charge on any atom is 0.233 e. The molecule has 2 aromatic rings. The number of carbonyl (C=O) groups excluding carboxylic acids is 1. The van der Waals surface area contributed by atoms with Crippen LogP contribution in [0, 0.1) is 0 Å². The van der Waals surface area contributed by atoms with Gasteiger partial charge in [0, 0.05) is 4.88 Å². The van der Waals surface area contributed by atoms with E-state index in [-0.39, 0.29) is 23.1 Å². The Morgan fingerprint density at radius 3 is 2.70 bits per heavy atom. The zero-order valence-corrected chi connectivity index (χ0v) is 12.4. The van der Waals surface area contributed by atoms with E-state index in [0.29, 0.717) is 11.7 Å². The highest BCUT2D eigenvalue weighted by atomic mass is 32.2. The van der Waals surface area contributed by atoms with E-state index >= 15 is 0 Å². The summed E-state index contributed by atoms with van der Waals surface area (Å²) < 4.78 is 0. The van der Waals surface area contributed by atoms with E-state index in [1.54, 1.807) is 18.3 Å². The molecule has 2 aromatic heterocycles. The van der Waals surface area contributed by atoms with Crippen LogP contribution in [0.3, 0.4) is 0 Å². The molecular weight excluding hydrogens is 296 g/mol. The van der Waals surface area contributed by atoms with Crippen LogP contribution < -0.4 is 16.8 Å². The number of nitrogen functional groups attached to an aromatic ring is 2. The monoisotopic (exact) mass is 310 g/mol. The fourth-order valence-corrected chi connectivity index (χ4v) is 2.83. The second-order valence-corrected chi connectivity index (χ2v) is 6.23. The van der Waals surface area contributed by atoms with Gasteiger partial charge in [0.05, 0.1) is 11.8 Å². The first-order valence-corrected chi connectivity index (χ1v) is 7.54. The summed E-state index contributed by atoms with van der Waals surface area (Å²) in [5.41, 5.74) is 11.0. The van der Waals surface area contributed by atoms with Gasteiger partial charge in [0.25, 0.3) is 0 Å². The molecular formula is C11H14N6OS2. The summed E-state index contributed by atoms with van der Waals surface area (Å²) in [7, 11) is 0. The molecule has 7 nitrogen and oxygen atoms in total. The van der Waals surface area contributed by atoms with E-state index in [2.05, 4.69) is 20.3 Å². The maximum atomic E-state index is 12.0. The molecule has 0 aliphatic heterocycles. The van der Waals surface area contributed by atoms with Crippen LogP contribution in [-0.2, 0) is 11.3 Å². The maximum absolute atomic E-state index is 12.0. The highest BCUT2D eigenvalue weighted by molar-refractivity contribution is 8.00. The average molecular weight is 310 g/mol. The minimum Gasteiger partial charge on any atom is -0.368 e.